The predicted octanol–water partition coefficient (Wildman–Crippen LogP) is 4.36. The first-order valence-corrected chi connectivity index (χ1v) is 10.6. The Hall–Kier alpha value is -3.74. The van der Waals surface area contributed by atoms with Crippen LogP contribution >= 0.6 is 0 Å². The molecule has 4 rings (SSSR count). The molecule has 0 aromatic carbocycles. The van der Waals surface area contributed by atoms with E-state index in [1.165, 1.54) is 6.20 Å². The maximum Gasteiger partial charge on any atom is 0.410 e. The minimum Gasteiger partial charge on any atom is -0.444 e. The highest BCUT2D eigenvalue weighted by Crippen LogP contribution is 2.27. The Morgan fingerprint density at radius 3 is 2.82 bits per heavy atom. The highest BCUT2D eigenvalue weighted by atomic mass is 19.1. The highest BCUT2D eigenvalue weighted by Gasteiger charge is 2.28. The van der Waals surface area contributed by atoms with Gasteiger partial charge in [0.25, 0.3) is 0 Å². The molecule has 3 aromatic rings. The molecule has 1 N–H and O–H groups in total. The Morgan fingerprint density at radius 2 is 2.09 bits per heavy atom. The van der Waals surface area contributed by atoms with Crippen LogP contribution in [0.4, 0.5) is 19.4 Å². The van der Waals surface area contributed by atoms with E-state index in [0.29, 0.717) is 42.8 Å². The summed E-state index contributed by atoms with van der Waals surface area (Å²) in [7, 11) is 0. The van der Waals surface area contributed by atoms with Crippen LogP contribution < -0.4 is 5.32 Å². The van der Waals surface area contributed by atoms with Crippen LogP contribution in [-0.2, 0) is 4.74 Å². The van der Waals surface area contributed by atoms with Crippen molar-refractivity contribution in [2.75, 3.05) is 18.4 Å². The first-order valence-electron chi connectivity index (χ1n) is 10.6. The lowest BCUT2D eigenvalue weighted by molar-refractivity contribution is 0.0206. The molecule has 0 radical (unpaired) electrons. The van der Waals surface area contributed by atoms with Crippen molar-refractivity contribution in [2.45, 2.75) is 45.3 Å². The van der Waals surface area contributed by atoms with Crippen LogP contribution in [0.3, 0.4) is 0 Å². The van der Waals surface area contributed by atoms with Crippen LogP contribution in [0.25, 0.3) is 17.0 Å². The molecule has 1 amide bonds. The first-order chi connectivity index (χ1) is 15.6. The third-order valence-corrected chi connectivity index (χ3v) is 5.23. The lowest BCUT2D eigenvalue weighted by atomic mass is 10.1. The second-order valence-electron chi connectivity index (χ2n) is 8.96. The molecule has 1 aliphatic heterocycles. The average molecular weight is 454 g/mol. The van der Waals surface area contributed by atoms with Crippen LogP contribution in [-0.4, -0.2) is 50.1 Å². The van der Waals surface area contributed by atoms with Crippen molar-refractivity contribution in [3.05, 3.63) is 47.8 Å². The fraction of sp³-hybridized carbons (Fsp3) is 0.391. The Balaban J connectivity index is 1.58. The molecule has 33 heavy (non-hydrogen) atoms. The van der Waals surface area contributed by atoms with Crippen LogP contribution in [0.15, 0.2) is 30.6 Å². The molecule has 1 fully saturated rings. The Morgan fingerprint density at radius 1 is 1.30 bits per heavy atom. The molecule has 8 nitrogen and oxygen atoms in total. The van der Waals surface area contributed by atoms with E-state index < -0.39 is 23.3 Å². The molecular formula is C23H24F2N6O2. The van der Waals surface area contributed by atoms with Crippen molar-refractivity contribution in [3.63, 3.8) is 0 Å². The fourth-order valence-corrected chi connectivity index (χ4v) is 3.75. The zero-order valence-corrected chi connectivity index (χ0v) is 18.6. The van der Waals surface area contributed by atoms with Gasteiger partial charge in [0, 0.05) is 31.4 Å². The van der Waals surface area contributed by atoms with Crippen molar-refractivity contribution in [3.8, 4) is 17.5 Å². The summed E-state index contributed by atoms with van der Waals surface area (Å²) in [5.41, 5.74) is 0.509. The van der Waals surface area contributed by atoms with E-state index in [9.17, 15) is 13.6 Å². The van der Waals surface area contributed by atoms with Gasteiger partial charge in [-0.25, -0.2) is 23.5 Å². The molecule has 172 valence electrons. The Bertz CT molecular complexity index is 1240. The summed E-state index contributed by atoms with van der Waals surface area (Å²) in [6.45, 7) is 6.25. The highest BCUT2D eigenvalue weighted by molar-refractivity contribution is 5.68. The molecule has 0 bridgehead atoms. The van der Waals surface area contributed by atoms with E-state index in [0.717, 1.165) is 6.07 Å². The number of anilines is 1. The van der Waals surface area contributed by atoms with E-state index in [2.05, 4.69) is 15.3 Å². The summed E-state index contributed by atoms with van der Waals surface area (Å²) in [6, 6.07) is 5.68. The van der Waals surface area contributed by atoms with Crippen molar-refractivity contribution in [2.24, 2.45) is 0 Å². The van der Waals surface area contributed by atoms with Crippen molar-refractivity contribution in [1.29, 1.82) is 5.26 Å². The van der Waals surface area contributed by atoms with Gasteiger partial charge in [-0.15, -0.1) is 0 Å². The van der Waals surface area contributed by atoms with Gasteiger partial charge in [-0.05, 0) is 45.7 Å². The van der Waals surface area contributed by atoms with E-state index in [-0.39, 0.29) is 17.6 Å². The number of likely N-dealkylation sites (tertiary alicyclic amines) is 1. The number of pyridine rings is 2. The molecule has 1 atom stereocenters. The minimum absolute atomic E-state index is 0.0732. The van der Waals surface area contributed by atoms with E-state index in [1.54, 1.807) is 48.4 Å². The molecule has 1 aliphatic rings. The maximum absolute atomic E-state index is 14.7. The van der Waals surface area contributed by atoms with Crippen LogP contribution in [0, 0.1) is 23.0 Å². The topological polar surface area (TPSA) is 95.5 Å². The third-order valence-electron chi connectivity index (χ3n) is 5.23. The number of fused-ring (bicyclic) bond motifs is 1. The van der Waals surface area contributed by atoms with Gasteiger partial charge in [0.05, 0.1) is 23.5 Å². The largest absolute Gasteiger partial charge is 0.444 e. The van der Waals surface area contributed by atoms with Crippen LogP contribution in [0.2, 0.25) is 0 Å². The van der Waals surface area contributed by atoms with Gasteiger partial charge in [-0.1, -0.05) is 0 Å². The summed E-state index contributed by atoms with van der Waals surface area (Å²) in [5, 5.41) is 12.1. The van der Waals surface area contributed by atoms with Gasteiger partial charge >= 0.3 is 6.09 Å². The van der Waals surface area contributed by atoms with Gasteiger partial charge in [-0.2, -0.15) is 5.26 Å². The number of ether oxygens (including phenoxy) is 1. The summed E-state index contributed by atoms with van der Waals surface area (Å²) in [5.74, 6) is -1.76. The van der Waals surface area contributed by atoms with E-state index in [1.807, 2.05) is 6.07 Å². The second kappa shape index (κ2) is 8.65. The summed E-state index contributed by atoms with van der Waals surface area (Å²) >= 11 is 0. The number of rotatable bonds is 3. The number of imidazole rings is 1. The maximum atomic E-state index is 14.7. The van der Waals surface area contributed by atoms with Crippen molar-refractivity contribution >= 4 is 17.6 Å². The number of hydrogen-bond acceptors (Lipinski definition) is 6. The number of nitrogens with zero attached hydrogens (tertiary/aromatic N) is 5. The van der Waals surface area contributed by atoms with E-state index >= 15 is 0 Å². The number of halogens is 2. The molecule has 4 heterocycles. The third kappa shape index (κ3) is 4.87. The van der Waals surface area contributed by atoms with Gasteiger partial charge in [-0.3, -0.25) is 4.40 Å². The lowest BCUT2D eigenvalue weighted by Gasteiger charge is -2.34. The molecule has 10 heteroatoms. The quantitative estimate of drug-likeness (QED) is 0.632. The number of carbonyl (C=O) groups excluding carboxylic acids is 1. The number of nitriles is 1. The molecule has 3 aromatic heterocycles. The van der Waals surface area contributed by atoms with Crippen LogP contribution in [0.1, 0.15) is 39.2 Å². The van der Waals surface area contributed by atoms with Crippen LogP contribution in [0.5, 0.6) is 0 Å². The zero-order valence-electron chi connectivity index (χ0n) is 18.6. The first kappa shape index (κ1) is 22.5. The van der Waals surface area contributed by atoms with E-state index in [4.69, 9.17) is 10.00 Å². The number of hydrogen-bond donors (Lipinski definition) is 1. The summed E-state index contributed by atoms with van der Waals surface area (Å²) in [4.78, 5) is 22.4. The smallest absolute Gasteiger partial charge is 0.410 e. The molecular weight excluding hydrogens is 430 g/mol. The van der Waals surface area contributed by atoms with Gasteiger partial charge in [0.2, 0.25) is 0 Å². The normalized spacial score (nSPS) is 16.5. The average Bonchev–Trinajstić information content (AvgIpc) is 3.17. The van der Waals surface area contributed by atoms with Gasteiger partial charge < -0.3 is 15.0 Å². The molecule has 0 spiro atoms. The fourth-order valence-electron chi connectivity index (χ4n) is 3.75. The standard InChI is InChI=1S/C23H24F2N6O2/c1-23(2,3)33-22(32)30-7-4-5-15(13-30)28-21-17(25)10-16(24)20(29-21)18-12-27-19-9-14(11-26)6-8-31(18)19/h6,8-10,12,15H,4-5,7,13H2,1-3H3,(H,28,29). The van der Waals surface area contributed by atoms with Crippen molar-refractivity contribution < 1.29 is 18.3 Å². The second-order valence-corrected chi connectivity index (χ2v) is 8.96. The molecule has 0 aliphatic carbocycles. The predicted molar refractivity (Wildman–Crippen MR) is 118 cm³/mol. The van der Waals surface area contributed by atoms with Crippen molar-refractivity contribution in [1.82, 2.24) is 19.3 Å². The lowest BCUT2D eigenvalue weighted by Crippen LogP contribution is -2.47. The number of piperidine rings is 1. The number of nitrogens with one attached hydrogen (secondary N) is 1. The Labute approximate surface area is 189 Å². The number of amides is 1. The molecule has 1 saturated heterocycles. The van der Waals surface area contributed by atoms with Gasteiger partial charge in [0.1, 0.15) is 16.9 Å². The Kier molecular flexibility index (Phi) is 5.89. The SMILES string of the molecule is CC(C)(C)OC(=O)N1CCCC(Nc2nc(-c3cnc4cc(C#N)ccn34)c(F)cc2F)C1. The zero-order chi connectivity index (χ0) is 23.8. The molecule has 0 saturated carbocycles. The summed E-state index contributed by atoms with van der Waals surface area (Å²) < 4.78 is 36.3. The monoisotopic (exact) mass is 454 g/mol. The van der Waals surface area contributed by atoms with Gasteiger partial charge in [0.15, 0.2) is 17.5 Å². The molecule has 1 unspecified atom stereocenters. The number of aromatic nitrogens is 3. The summed E-state index contributed by atoms with van der Waals surface area (Å²) in [6.07, 6.45) is 3.99. The minimum atomic E-state index is -0.830. The number of carbonyl (C=O) groups is 1.